The topological polar surface area (TPSA) is 41.1 Å². The molecule has 0 atom stereocenters. The van der Waals surface area contributed by atoms with Crippen LogP contribution >= 0.6 is 27.3 Å². The van der Waals surface area contributed by atoms with Crippen LogP contribution in [0.5, 0.6) is 0 Å². The zero-order chi connectivity index (χ0) is 14.4. The second-order valence-corrected chi connectivity index (χ2v) is 6.84. The Morgan fingerprint density at radius 1 is 1.25 bits per heavy atom. The molecular weight excluding hydrogens is 336 g/mol. The van der Waals surface area contributed by atoms with Crippen molar-refractivity contribution in [3.8, 4) is 0 Å². The van der Waals surface area contributed by atoms with Gasteiger partial charge in [-0.05, 0) is 53.5 Å². The lowest BCUT2D eigenvalue weighted by Gasteiger charge is -2.10. The molecule has 5 heteroatoms. The highest BCUT2D eigenvalue weighted by Crippen LogP contribution is 2.22. The van der Waals surface area contributed by atoms with E-state index in [1.165, 1.54) is 4.88 Å². The first-order chi connectivity index (χ1) is 9.70. The molecule has 106 valence electrons. The van der Waals surface area contributed by atoms with Crippen LogP contribution in [0, 0.1) is 0 Å². The Kier molecular flexibility index (Phi) is 5.61. The average Bonchev–Trinajstić information content (AvgIpc) is 2.85. The highest BCUT2D eigenvalue weighted by Gasteiger charge is 2.09. The second kappa shape index (κ2) is 7.45. The molecule has 0 aliphatic heterocycles. The molecule has 0 unspecified atom stereocenters. The molecule has 1 amide bonds. The molecule has 0 aliphatic rings. The highest BCUT2D eigenvalue weighted by molar-refractivity contribution is 9.11. The molecule has 0 saturated heterocycles. The minimum Gasteiger partial charge on any atom is -0.385 e. The van der Waals surface area contributed by atoms with Gasteiger partial charge in [0.05, 0.1) is 9.35 Å². The number of rotatable bonds is 6. The van der Waals surface area contributed by atoms with Crippen molar-refractivity contribution in [3.05, 3.63) is 50.6 Å². The van der Waals surface area contributed by atoms with Crippen molar-refractivity contribution in [2.75, 3.05) is 18.4 Å². The van der Waals surface area contributed by atoms with E-state index in [4.69, 9.17) is 0 Å². The van der Waals surface area contributed by atoms with E-state index in [0.717, 1.165) is 22.4 Å². The average molecular weight is 353 g/mol. The number of benzene rings is 1. The number of para-hydroxylation sites is 1. The molecule has 0 spiro atoms. The number of carbonyl (C=O) groups is 1. The first kappa shape index (κ1) is 15.1. The minimum atomic E-state index is -0.0304. The SMILES string of the molecule is CCNc1ccccc1C(=O)NCCc1ccc(Br)s1. The maximum Gasteiger partial charge on any atom is 0.253 e. The van der Waals surface area contributed by atoms with Gasteiger partial charge in [0, 0.05) is 23.7 Å². The van der Waals surface area contributed by atoms with E-state index in [9.17, 15) is 4.79 Å². The van der Waals surface area contributed by atoms with Gasteiger partial charge in [0.15, 0.2) is 0 Å². The van der Waals surface area contributed by atoms with Crippen molar-refractivity contribution in [1.29, 1.82) is 0 Å². The summed E-state index contributed by atoms with van der Waals surface area (Å²) in [6.07, 6.45) is 0.853. The first-order valence-electron chi connectivity index (χ1n) is 6.56. The molecule has 1 aromatic heterocycles. The van der Waals surface area contributed by atoms with E-state index in [2.05, 4.69) is 32.6 Å². The minimum absolute atomic E-state index is 0.0304. The third-order valence-corrected chi connectivity index (χ3v) is 4.51. The van der Waals surface area contributed by atoms with Crippen LogP contribution in [0.1, 0.15) is 22.2 Å². The van der Waals surface area contributed by atoms with Gasteiger partial charge in [-0.1, -0.05) is 12.1 Å². The fraction of sp³-hybridized carbons (Fsp3) is 0.267. The van der Waals surface area contributed by atoms with Crippen molar-refractivity contribution < 1.29 is 4.79 Å². The van der Waals surface area contributed by atoms with E-state index < -0.39 is 0 Å². The van der Waals surface area contributed by atoms with Crippen LogP contribution in [0.2, 0.25) is 0 Å². The number of nitrogens with one attached hydrogen (secondary N) is 2. The van der Waals surface area contributed by atoms with E-state index in [1.54, 1.807) is 11.3 Å². The smallest absolute Gasteiger partial charge is 0.253 e. The summed E-state index contributed by atoms with van der Waals surface area (Å²) in [6, 6.07) is 11.7. The van der Waals surface area contributed by atoms with Gasteiger partial charge in [0.2, 0.25) is 0 Å². The summed E-state index contributed by atoms with van der Waals surface area (Å²) in [5, 5.41) is 6.17. The van der Waals surface area contributed by atoms with Crippen molar-refractivity contribution in [2.45, 2.75) is 13.3 Å². The Labute approximate surface area is 131 Å². The molecule has 2 N–H and O–H groups in total. The van der Waals surface area contributed by atoms with E-state index in [0.29, 0.717) is 12.1 Å². The maximum absolute atomic E-state index is 12.2. The van der Waals surface area contributed by atoms with Crippen molar-refractivity contribution in [1.82, 2.24) is 5.32 Å². The molecule has 20 heavy (non-hydrogen) atoms. The molecule has 0 fully saturated rings. The number of hydrogen-bond acceptors (Lipinski definition) is 3. The summed E-state index contributed by atoms with van der Waals surface area (Å²) in [7, 11) is 0. The van der Waals surface area contributed by atoms with Crippen LogP contribution in [-0.4, -0.2) is 19.0 Å². The van der Waals surface area contributed by atoms with E-state index >= 15 is 0 Å². The number of thiophene rings is 1. The first-order valence-corrected chi connectivity index (χ1v) is 8.17. The number of amides is 1. The highest BCUT2D eigenvalue weighted by atomic mass is 79.9. The van der Waals surface area contributed by atoms with Crippen LogP contribution in [0.25, 0.3) is 0 Å². The largest absolute Gasteiger partial charge is 0.385 e. The van der Waals surface area contributed by atoms with Gasteiger partial charge in [-0.25, -0.2) is 0 Å². The standard InChI is InChI=1S/C15H17BrN2OS/c1-2-17-13-6-4-3-5-12(13)15(19)18-10-9-11-7-8-14(16)20-11/h3-8,17H,2,9-10H2,1H3,(H,18,19). The Morgan fingerprint density at radius 3 is 2.75 bits per heavy atom. The van der Waals surface area contributed by atoms with Crippen LogP contribution in [0.3, 0.4) is 0 Å². The summed E-state index contributed by atoms with van der Waals surface area (Å²) in [5.41, 5.74) is 1.58. The molecule has 3 nitrogen and oxygen atoms in total. The summed E-state index contributed by atoms with van der Waals surface area (Å²) < 4.78 is 1.12. The number of hydrogen-bond donors (Lipinski definition) is 2. The molecule has 2 rings (SSSR count). The lowest BCUT2D eigenvalue weighted by Crippen LogP contribution is -2.26. The molecule has 0 radical (unpaired) electrons. The normalized spacial score (nSPS) is 10.3. The molecule has 0 aliphatic carbocycles. The van der Waals surface area contributed by atoms with E-state index in [-0.39, 0.29) is 5.91 Å². The Bertz CT molecular complexity index is 583. The summed E-state index contributed by atoms with van der Waals surface area (Å²) >= 11 is 5.14. The van der Waals surface area contributed by atoms with Gasteiger partial charge in [-0.15, -0.1) is 11.3 Å². The zero-order valence-electron chi connectivity index (χ0n) is 11.3. The second-order valence-electron chi connectivity index (χ2n) is 4.29. The summed E-state index contributed by atoms with van der Waals surface area (Å²) in [5.74, 6) is -0.0304. The van der Waals surface area contributed by atoms with Gasteiger partial charge in [-0.2, -0.15) is 0 Å². The van der Waals surface area contributed by atoms with Gasteiger partial charge in [0.25, 0.3) is 5.91 Å². The predicted molar refractivity (Wildman–Crippen MR) is 88.7 cm³/mol. The van der Waals surface area contributed by atoms with Crippen molar-refractivity contribution >= 4 is 38.9 Å². The third-order valence-electron chi connectivity index (χ3n) is 2.82. The molecule has 1 aromatic carbocycles. The maximum atomic E-state index is 12.2. The fourth-order valence-electron chi connectivity index (χ4n) is 1.91. The monoisotopic (exact) mass is 352 g/mol. The van der Waals surface area contributed by atoms with Crippen LogP contribution in [0.4, 0.5) is 5.69 Å². The molecular formula is C15H17BrN2OS. The lowest BCUT2D eigenvalue weighted by atomic mass is 10.1. The number of anilines is 1. The Morgan fingerprint density at radius 2 is 2.05 bits per heavy atom. The van der Waals surface area contributed by atoms with Gasteiger partial charge >= 0.3 is 0 Å². The van der Waals surface area contributed by atoms with E-state index in [1.807, 2.05) is 37.3 Å². The number of halogens is 1. The van der Waals surface area contributed by atoms with Crippen LogP contribution < -0.4 is 10.6 Å². The van der Waals surface area contributed by atoms with Gasteiger partial charge in [0.1, 0.15) is 0 Å². The quantitative estimate of drug-likeness (QED) is 0.827. The summed E-state index contributed by atoms with van der Waals surface area (Å²) in [4.78, 5) is 13.4. The molecule has 2 aromatic rings. The Balaban J connectivity index is 1.91. The van der Waals surface area contributed by atoms with Crippen LogP contribution in [-0.2, 0) is 6.42 Å². The molecule has 0 saturated carbocycles. The fourth-order valence-corrected chi connectivity index (χ4v) is 3.39. The van der Waals surface area contributed by atoms with Crippen LogP contribution in [0.15, 0.2) is 40.2 Å². The van der Waals surface area contributed by atoms with Gasteiger partial charge < -0.3 is 10.6 Å². The molecule has 1 heterocycles. The predicted octanol–water partition coefficient (Wildman–Crippen LogP) is 3.91. The zero-order valence-corrected chi connectivity index (χ0v) is 13.7. The van der Waals surface area contributed by atoms with Gasteiger partial charge in [-0.3, -0.25) is 4.79 Å². The summed E-state index contributed by atoms with van der Waals surface area (Å²) in [6.45, 7) is 3.46. The van der Waals surface area contributed by atoms with Crippen molar-refractivity contribution in [3.63, 3.8) is 0 Å². The lowest BCUT2D eigenvalue weighted by molar-refractivity contribution is 0.0955. The van der Waals surface area contributed by atoms with Crippen molar-refractivity contribution in [2.24, 2.45) is 0 Å². The number of carbonyl (C=O) groups excluding carboxylic acids is 1. The molecule has 0 bridgehead atoms. The Hall–Kier alpha value is -1.33. The third kappa shape index (κ3) is 4.08.